The number of hydrogen-bond donors (Lipinski definition) is 0. The molecule has 0 N–H and O–H groups in total. The summed E-state index contributed by atoms with van der Waals surface area (Å²) in [4.78, 5) is 0. The predicted octanol–water partition coefficient (Wildman–Crippen LogP) is 4.15. The molecular weight excluding hydrogens is 208 g/mol. The Kier molecular flexibility index (Phi) is 3.68. The van der Waals surface area contributed by atoms with Crippen molar-refractivity contribution >= 4 is 6.08 Å². The molecule has 1 fully saturated rings. The molecule has 1 aliphatic rings. The van der Waals surface area contributed by atoms with Gasteiger partial charge in [-0.25, -0.2) is 0 Å². The Morgan fingerprint density at radius 3 is 2.65 bits per heavy atom. The van der Waals surface area contributed by atoms with Gasteiger partial charge in [-0.2, -0.15) is 0 Å². The van der Waals surface area contributed by atoms with Crippen LogP contribution in [0.2, 0.25) is 0 Å². The van der Waals surface area contributed by atoms with Gasteiger partial charge in [0, 0.05) is 6.61 Å². The fraction of sp³-hybridized carbons (Fsp3) is 0.500. The van der Waals surface area contributed by atoms with Crippen LogP contribution in [-0.4, -0.2) is 12.7 Å². The summed E-state index contributed by atoms with van der Waals surface area (Å²) in [6.45, 7) is 7.84. The Morgan fingerprint density at radius 2 is 1.94 bits per heavy atom. The van der Waals surface area contributed by atoms with Crippen LogP contribution >= 0.6 is 0 Å². The van der Waals surface area contributed by atoms with Gasteiger partial charge in [-0.15, -0.1) is 0 Å². The number of benzene rings is 1. The second-order valence-electron chi connectivity index (χ2n) is 5.63. The normalized spacial score (nSPS) is 28.4. The Morgan fingerprint density at radius 1 is 1.24 bits per heavy atom. The predicted molar refractivity (Wildman–Crippen MR) is 72.8 cm³/mol. The van der Waals surface area contributed by atoms with Crippen LogP contribution < -0.4 is 0 Å². The number of rotatable bonds is 2. The highest BCUT2D eigenvalue weighted by atomic mass is 16.5. The van der Waals surface area contributed by atoms with Crippen LogP contribution in [0, 0.1) is 11.3 Å². The summed E-state index contributed by atoms with van der Waals surface area (Å²) in [6.07, 6.45) is 5.78. The van der Waals surface area contributed by atoms with E-state index in [0.29, 0.717) is 11.3 Å². The van der Waals surface area contributed by atoms with Gasteiger partial charge in [0.25, 0.3) is 0 Å². The van der Waals surface area contributed by atoms with E-state index in [-0.39, 0.29) is 6.10 Å². The van der Waals surface area contributed by atoms with E-state index < -0.39 is 0 Å². The van der Waals surface area contributed by atoms with Crippen molar-refractivity contribution < 1.29 is 4.74 Å². The van der Waals surface area contributed by atoms with Crippen molar-refractivity contribution in [1.29, 1.82) is 0 Å². The lowest BCUT2D eigenvalue weighted by atomic mass is 9.73. The summed E-state index contributed by atoms with van der Waals surface area (Å²) in [6, 6.07) is 10.4. The second-order valence-corrected chi connectivity index (χ2v) is 5.63. The SMILES string of the molecule is CC1C(/C=C/c2ccccc2)OCCC1(C)C. The maximum absolute atomic E-state index is 5.86. The molecule has 2 unspecified atom stereocenters. The summed E-state index contributed by atoms with van der Waals surface area (Å²) in [5.74, 6) is 0.566. The minimum Gasteiger partial charge on any atom is -0.374 e. The van der Waals surface area contributed by atoms with Crippen LogP contribution in [0.3, 0.4) is 0 Å². The highest BCUT2D eigenvalue weighted by molar-refractivity contribution is 5.49. The van der Waals surface area contributed by atoms with Crippen LogP contribution in [0.25, 0.3) is 6.08 Å². The molecule has 1 aromatic rings. The third-order valence-electron chi connectivity index (χ3n) is 4.06. The van der Waals surface area contributed by atoms with E-state index in [1.807, 2.05) is 6.07 Å². The van der Waals surface area contributed by atoms with Crippen LogP contribution in [0.15, 0.2) is 36.4 Å². The number of hydrogen-bond acceptors (Lipinski definition) is 1. The Hall–Kier alpha value is -1.08. The topological polar surface area (TPSA) is 9.23 Å². The highest BCUT2D eigenvalue weighted by Crippen LogP contribution is 2.38. The lowest BCUT2D eigenvalue weighted by Gasteiger charge is -2.41. The Bertz CT molecular complexity index is 378. The standard InChI is InChI=1S/C16H22O/c1-13-15(17-12-11-16(13,2)3)10-9-14-7-5-4-6-8-14/h4-10,13,15H,11-12H2,1-3H3/b10-9+. The van der Waals surface area contributed by atoms with E-state index in [1.54, 1.807) is 0 Å². The van der Waals surface area contributed by atoms with Crippen molar-refractivity contribution in [2.45, 2.75) is 33.3 Å². The molecule has 1 heteroatoms. The summed E-state index contributed by atoms with van der Waals surface area (Å²) in [7, 11) is 0. The van der Waals surface area contributed by atoms with Crippen molar-refractivity contribution in [2.24, 2.45) is 11.3 Å². The molecule has 0 saturated carbocycles. The second kappa shape index (κ2) is 5.05. The minimum atomic E-state index is 0.249. The summed E-state index contributed by atoms with van der Waals surface area (Å²) >= 11 is 0. The molecule has 0 radical (unpaired) electrons. The van der Waals surface area contributed by atoms with Crippen LogP contribution in [-0.2, 0) is 4.74 Å². The first-order chi connectivity index (χ1) is 8.09. The fourth-order valence-electron chi connectivity index (χ4n) is 2.27. The average Bonchev–Trinajstić information content (AvgIpc) is 2.32. The van der Waals surface area contributed by atoms with Gasteiger partial charge in [-0.3, -0.25) is 0 Å². The molecule has 0 spiro atoms. The number of ether oxygens (including phenoxy) is 1. The largest absolute Gasteiger partial charge is 0.374 e. The molecule has 0 bridgehead atoms. The lowest BCUT2D eigenvalue weighted by molar-refractivity contribution is -0.0567. The molecule has 92 valence electrons. The van der Waals surface area contributed by atoms with Crippen molar-refractivity contribution in [3.63, 3.8) is 0 Å². The zero-order chi connectivity index (χ0) is 12.3. The van der Waals surface area contributed by atoms with E-state index in [0.717, 1.165) is 13.0 Å². The van der Waals surface area contributed by atoms with Crippen LogP contribution in [0.4, 0.5) is 0 Å². The van der Waals surface area contributed by atoms with Gasteiger partial charge >= 0.3 is 0 Å². The maximum Gasteiger partial charge on any atom is 0.0789 e. The fourth-order valence-corrected chi connectivity index (χ4v) is 2.27. The first kappa shape index (κ1) is 12.4. The van der Waals surface area contributed by atoms with Crippen molar-refractivity contribution in [1.82, 2.24) is 0 Å². The molecule has 2 atom stereocenters. The van der Waals surface area contributed by atoms with E-state index in [1.165, 1.54) is 5.56 Å². The molecule has 0 amide bonds. The molecule has 0 aromatic heterocycles. The van der Waals surface area contributed by atoms with Gasteiger partial charge < -0.3 is 4.74 Å². The average molecular weight is 230 g/mol. The van der Waals surface area contributed by atoms with E-state index in [9.17, 15) is 0 Å². The van der Waals surface area contributed by atoms with E-state index >= 15 is 0 Å². The first-order valence-corrected chi connectivity index (χ1v) is 6.44. The van der Waals surface area contributed by atoms with Gasteiger partial charge in [0.1, 0.15) is 0 Å². The first-order valence-electron chi connectivity index (χ1n) is 6.44. The third kappa shape index (κ3) is 2.98. The Labute approximate surface area is 104 Å². The van der Waals surface area contributed by atoms with Gasteiger partial charge in [-0.1, -0.05) is 63.3 Å². The molecule has 2 rings (SSSR count). The van der Waals surface area contributed by atoms with Crippen LogP contribution in [0.5, 0.6) is 0 Å². The van der Waals surface area contributed by atoms with E-state index in [2.05, 4.69) is 57.2 Å². The quantitative estimate of drug-likeness (QED) is 0.741. The Balaban J connectivity index is 2.06. The van der Waals surface area contributed by atoms with Crippen molar-refractivity contribution in [3.05, 3.63) is 42.0 Å². The third-order valence-corrected chi connectivity index (χ3v) is 4.06. The van der Waals surface area contributed by atoms with E-state index in [4.69, 9.17) is 4.74 Å². The summed E-state index contributed by atoms with van der Waals surface area (Å²) in [5, 5.41) is 0. The molecular formula is C16H22O. The molecule has 1 nitrogen and oxygen atoms in total. The highest BCUT2D eigenvalue weighted by Gasteiger charge is 2.35. The minimum absolute atomic E-state index is 0.249. The molecule has 1 heterocycles. The van der Waals surface area contributed by atoms with Gasteiger partial charge in [0.05, 0.1) is 6.10 Å². The zero-order valence-electron chi connectivity index (χ0n) is 11.0. The molecule has 1 aromatic carbocycles. The molecule has 17 heavy (non-hydrogen) atoms. The monoisotopic (exact) mass is 230 g/mol. The molecule has 0 aliphatic carbocycles. The van der Waals surface area contributed by atoms with Gasteiger partial charge in [0.2, 0.25) is 0 Å². The smallest absolute Gasteiger partial charge is 0.0789 e. The van der Waals surface area contributed by atoms with Gasteiger partial charge in [-0.05, 0) is 23.3 Å². The maximum atomic E-state index is 5.86. The van der Waals surface area contributed by atoms with Crippen molar-refractivity contribution in [2.75, 3.05) is 6.61 Å². The molecule has 1 saturated heterocycles. The summed E-state index contributed by atoms with van der Waals surface area (Å²) in [5.41, 5.74) is 1.62. The van der Waals surface area contributed by atoms with Crippen LogP contribution in [0.1, 0.15) is 32.8 Å². The summed E-state index contributed by atoms with van der Waals surface area (Å²) < 4.78 is 5.86. The lowest BCUT2D eigenvalue weighted by Crippen LogP contribution is -2.38. The van der Waals surface area contributed by atoms with Gasteiger partial charge in [0.15, 0.2) is 0 Å². The zero-order valence-corrected chi connectivity index (χ0v) is 11.0. The molecule has 1 aliphatic heterocycles. The van der Waals surface area contributed by atoms with Crippen molar-refractivity contribution in [3.8, 4) is 0 Å².